The minimum atomic E-state index is -0.846. The fourth-order valence-electron chi connectivity index (χ4n) is 4.10. The second-order valence-electron chi connectivity index (χ2n) is 7.15. The number of hydrogen-bond donors (Lipinski definition) is 3. The first-order valence-electron chi connectivity index (χ1n) is 8.95. The van der Waals surface area contributed by atoms with Gasteiger partial charge in [0, 0.05) is 6.54 Å². The van der Waals surface area contributed by atoms with Gasteiger partial charge in [0.25, 0.3) is 5.91 Å². The van der Waals surface area contributed by atoms with Crippen LogP contribution in [0.1, 0.15) is 36.8 Å². The molecule has 2 heterocycles. The van der Waals surface area contributed by atoms with Crippen molar-refractivity contribution in [2.24, 2.45) is 0 Å². The minimum Gasteiger partial charge on any atom is -0.323 e. The number of amides is 4. The molecule has 2 aliphatic heterocycles. The normalized spacial score (nSPS) is 21.0. The van der Waals surface area contributed by atoms with Crippen molar-refractivity contribution in [1.29, 1.82) is 0 Å². The lowest BCUT2D eigenvalue weighted by molar-refractivity contribution is -0.133. The van der Waals surface area contributed by atoms with Gasteiger partial charge in [0.1, 0.15) is 17.9 Å². The second-order valence-corrected chi connectivity index (χ2v) is 7.15. The first-order valence-corrected chi connectivity index (χ1v) is 8.95. The van der Waals surface area contributed by atoms with E-state index < -0.39 is 29.8 Å². The second kappa shape index (κ2) is 6.35. The van der Waals surface area contributed by atoms with Crippen LogP contribution in [0.3, 0.4) is 0 Å². The number of benzene rings is 1. The number of anilines is 1. The topological polar surface area (TPSA) is 90.5 Å². The van der Waals surface area contributed by atoms with Crippen LogP contribution in [-0.2, 0) is 22.6 Å². The summed E-state index contributed by atoms with van der Waals surface area (Å²) in [7, 11) is 0. The average molecular weight is 360 g/mol. The monoisotopic (exact) mass is 360 g/mol. The molecule has 0 atom stereocenters. The van der Waals surface area contributed by atoms with Crippen molar-refractivity contribution in [3.8, 4) is 0 Å². The first kappa shape index (κ1) is 17.0. The van der Waals surface area contributed by atoms with E-state index >= 15 is 0 Å². The molecule has 8 heteroatoms. The van der Waals surface area contributed by atoms with Crippen molar-refractivity contribution in [1.82, 2.24) is 15.5 Å². The lowest BCUT2D eigenvalue weighted by Gasteiger charge is -2.21. The highest BCUT2D eigenvalue weighted by Gasteiger charge is 2.52. The van der Waals surface area contributed by atoms with E-state index in [1.807, 2.05) is 0 Å². The van der Waals surface area contributed by atoms with E-state index in [1.165, 1.54) is 6.07 Å². The Morgan fingerprint density at radius 3 is 2.81 bits per heavy atom. The highest BCUT2D eigenvalue weighted by atomic mass is 19.1. The summed E-state index contributed by atoms with van der Waals surface area (Å²) in [5.41, 5.74) is 0.713. The highest BCUT2D eigenvalue weighted by molar-refractivity contribution is 6.10. The fourth-order valence-corrected chi connectivity index (χ4v) is 4.10. The number of imide groups is 1. The summed E-state index contributed by atoms with van der Waals surface area (Å²) in [6, 6.07) is 2.74. The molecule has 1 aliphatic carbocycles. The molecular weight excluding hydrogens is 339 g/mol. The van der Waals surface area contributed by atoms with Crippen molar-refractivity contribution in [2.75, 3.05) is 18.4 Å². The molecule has 0 unspecified atom stereocenters. The Labute approximate surface area is 150 Å². The summed E-state index contributed by atoms with van der Waals surface area (Å²) >= 11 is 0. The molecule has 3 N–H and O–H groups in total. The summed E-state index contributed by atoms with van der Waals surface area (Å²) < 4.78 is 14.6. The third-order valence-electron chi connectivity index (χ3n) is 5.49. The molecule has 0 bridgehead atoms. The molecular formula is C18H21FN4O3. The smallest absolute Gasteiger partial charge is 0.323 e. The minimum absolute atomic E-state index is 0.0817. The molecule has 1 saturated carbocycles. The van der Waals surface area contributed by atoms with Crippen LogP contribution in [-0.4, -0.2) is 41.4 Å². The quantitative estimate of drug-likeness (QED) is 0.708. The summed E-state index contributed by atoms with van der Waals surface area (Å²) in [5.74, 6) is -1.38. The third kappa shape index (κ3) is 2.74. The van der Waals surface area contributed by atoms with E-state index in [0.29, 0.717) is 37.9 Å². The van der Waals surface area contributed by atoms with Crippen molar-refractivity contribution in [3.05, 3.63) is 29.1 Å². The van der Waals surface area contributed by atoms with E-state index in [1.54, 1.807) is 6.07 Å². The largest absolute Gasteiger partial charge is 0.325 e. The predicted octanol–water partition coefficient (Wildman–Crippen LogP) is 1.27. The Bertz CT molecular complexity index is 789. The SMILES string of the molecule is O=C(CN1C(=O)NC2(CCCC2)C1=O)Nc1ccc2c(c1F)CCNC2. The molecule has 26 heavy (non-hydrogen) atoms. The van der Waals surface area contributed by atoms with Crippen molar-refractivity contribution in [2.45, 2.75) is 44.2 Å². The molecule has 138 valence electrons. The molecule has 1 saturated heterocycles. The number of carbonyl (C=O) groups is 3. The zero-order valence-electron chi connectivity index (χ0n) is 14.4. The van der Waals surface area contributed by atoms with Crippen LogP contribution in [0, 0.1) is 5.82 Å². The van der Waals surface area contributed by atoms with Crippen molar-refractivity contribution < 1.29 is 18.8 Å². The van der Waals surface area contributed by atoms with Gasteiger partial charge in [-0.3, -0.25) is 14.5 Å². The summed E-state index contributed by atoms with van der Waals surface area (Å²) in [6.45, 7) is 0.876. The average Bonchev–Trinajstić information content (AvgIpc) is 3.19. The zero-order valence-corrected chi connectivity index (χ0v) is 14.4. The van der Waals surface area contributed by atoms with Gasteiger partial charge in [-0.2, -0.15) is 0 Å². The Hall–Kier alpha value is -2.48. The standard InChI is InChI=1S/C18H21FN4O3/c19-15-12-5-8-20-9-11(12)3-4-13(15)21-14(24)10-23-16(25)18(22-17(23)26)6-1-2-7-18/h3-4,20H,1-2,5-10H2,(H,21,24)(H,22,26). The number of rotatable bonds is 3. The fraction of sp³-hybridized carbons (Fsp3) is 0.500. The van der Waals surface area contributed by atoms with Gasteiger partial charge in [-0.1, -0.05) is 18.9 Å². The number of nitrogens with zero attached hydrogens (tertiary/aromatic N) is 1. The Morgan fingerprint density at radius 2 is 2.04 bits per heavy atom. The van der Waals surface area contributed by atoms with Crippen LogP contribution in [0.15, 0.2) is 12.1 Å². The number of halogens is 1. The van der Waals surface area contributed by atoms with Gasteiger partial charge in [-0.25, -0.2) is 9.18 Å². The lowest BCUT2D eigenvalue weighted by Crippen LogP contribution is -2.44. The van der Waals surface area contributed by atoms with E-state index in [2.05, 4.69) is 16.0 Å². The van der Waals surface area contributed by atoms with E-state index in [4.69, 9.17) is 0 Å². The van der Waals surface area contributed by atoms with Crippen LogP contribution in [0.2, 0.25) is 0 Å². The predicted molar refractivity (Wildman–Crippen MR) is 91.9 cm³/mol. The lowest BCUT2D eigenvalue weighted by atomic mass is 9.98. The van der Waals surface area contributed by atoms with Gasteiger partial charge in [-0.05, 0) is 43.0 Å². The van der Waals surface area contributed by atoms with E-state index in [-0.39, 0.29) is 11.6 Å². The maximum absolute atomic E-state index is 14.6. The molecule has 3 aliphatic rings. The first-order chi connectivity index (χ1) is 12.5. The Morgan fingerprint density at radius 1 is 1.27 bits per heavy atom. The molecule has 7 nitrogen and oxygen atoms in total. The Kier molecular flexibility index (Phi) is 4.14. The molecule has 0 radical (unpaired) electrons. The van der Waals surface area contributed by atoms with Gasteiger partial charge in [-0.15, -0.1) is 0 Å². The van der Waals surface area contributed by atoms with Crippen molar-refractivity contribution in [3.63, 3.8) is 0 Å². The summed E-state index contributed by atoms with van der Waals surface area (Å²) in [6.07, 6.45) is 3.51. The van der Waals surface area contributed by atoms with Crippen LogP contribution < -0.4 is 16.0 Å². The molecule has 2 fully saturated rings. The van der Waals surface area contributed by atoms with Crippen LogP contribution >= 0.6 is 0 Å². The number of fused-ring (bicyclic) bond motifs is 1. The van der Waals surface area contributed by atoms with E-state index in [0.717, 1.165) is 23.3 Å². The maximum Gasteiger partial charge on any atom is 0.325 e. The molecule has 1 aromatic rings. The summed E-state index contributed by atoms with van der Waals surface area (Å²) in [5, 5.41) is 8.39. The molecule has 4 amide bonds. The molecule has 4 rings (SSSR count). The van der Waals surface area contributed by atoms with Crippen LogP contribution in [0.25, 0.3) is 0 Å². The van der Waals surface area contributed by atoms with Crippen LogP contribution in [0.4, 0.5) is 14.9 Å². The molecule has 1 aromatic carbocycles. The van der Waals surface area contributed by atoms with Gasteiger partial charge >= 0.3 is 6.03 Å². The number of nitrogens with one attached hydrogen (secondary N) is 3. The van der Waals surface area contributed by atoms with Crippen molar-refractivity contribution >= 4 is 23.5 Å². The zero-order chi connectivity index (χ0) is 18.3. The third-order valence-corrected chi connectivity index (χ3v) is 5.49. The number of urea groups is 1. The maximum atomic E-state index is 14.6. The van der Waals surface area contributed by atoms with Gasteiger partial charge in [0.15, 0.2) is 0 Å². The summed E-state index contributed by atoms with van der Waals surface area (Å²) in [4.78, 5) is 37.9. The van der Waals surface area contributed by atoms with Gasteiger partial charge in [0.05, 0.1) is 5.69 Å². The number of hydrogen-bond acceptors (Lipinski definition) is 4. The number of carbonyl (C=O) groups excluding carboxylic acids is 3. The van der Waals surface area contributed by atoms with Crippen LogP contribution in [0.5, 0.6) is 0 Å². The molecule has 0 aromatic heterocycles. The van der Waals surface area contributed by atoms with Gasteiger partial charge in [0.2, 0.25) is 5.91 Å². The van der Waals surface area contributed by atoms with Gasteiger partial charge < -0.3 is 16.0 Å². The molecule has 1 spiro atoms. The Balaban J connectivity index is 1.46. The van der Waals surface area contributed by atoms with E-state index in [9.17, 15) is 18.8 Å². The highest BCUT2D eigenvalue weighted by Crippen LogP contribution is 2.35.